The number of hydrogen-bond donors (Lipinski definition) is 0. The average Bonchev–Trinajstić information content (AvgIpc) is 3.27. The van der Waals surface area contributed by atoms with Gasteiger partial charge in [-0.05, 0) is 68.9 Å². The molecule has 5 nitrogen and oxygen atoms in total. The smallest absolute Gasteiger partial charge is 0.254 e. The van der Waals surface area contributed by atoms with Crippen LogP contribution in [0, 0.1) is 12.8 Å². The third-order valence-corrected chi connectivity index (χ3v) is 7.54. The fourth-order valence-electron chi connectivity index (χ4n) is 5.65. The molecule has 1 aliphatic carbocycles. The first-order chi connectivity index (χ1) is 16.7. The average molecular weight is 452 g/mol. The third kappa shape index (κ3) is 4.31. The Morgan fingerprint density at radius 3 is 2.41 bits per heavy atom. The fraction of sp³-hybridized carbons (Fsp3) is 0.414. The van der Waals surface area contributed by atoms with Crippen molar-refractivity contribution in [2.75, 3.05) is 18.0 Å². The molecule has 3 heterocycles. The van der Waals surface area contributed by atoms with Crippen LogP contribution >= 0.6 is 0 Å². The van der Waals surface area contributed by atoms with Crippen molar-refractivity contribution in [1.29, 1.82) is 0 Å². The summed E-state index contributed by atoms with van der Waals surface area (Å²) in [6.45, 7) is 4.28. The van der Waals surface area contributed by atoms with E-state index in [4.69, 9.17) is 15.1 Å². The van der Waals surface area contributed by atoms with Crippen LogP contribution in [-0.2, 0) is 25.7 Å². The highest BCUT2D eigenvalue weighted by atomic mass is 15.4. The number of aryl methyl sites for hydroxylation is 2. The van der Waals surface area contributed by atoms with Gasteiger partial charge in [0.15, 0.2) is 5.82 Å². The Morgan fingerprint density at radius 1 is 0.853 bits per heavy atom. The van der Waals surface area contributed by atoms with Crippen LogP contribution in [0.25, 0.3) is 5.78 Å². The topological polar surface area (TPSA) is 46.3 Å². The third-order valence-electron chi connectivity index (χ3n) is 7.54. The van der Waals surface area contributed by atoms with Crippen molar-refractivity contribution >= 4 is 11.6 Å². The molecule has 0 atom stereocenters. The van der Waals surface area contributed by atoms with Crippen molar-refractivity contribution in [2.45, 2.75) is 58.3 Å². The summed E-state index contributed by atoms with van der Waals surface area (Å²) in [7, 11) is 0. The number of nitrogens with zero attached hydrogens (tertiary/aromatic N) is 5. The molecule has 2 aliphatic rings. The Morgan fingerprint density at radius 2 is 1.62 bits per heavy atom. The van der Waals surface area contributed by atoms with Crippen molar-refractivity contribution in [2.24, 2.45) is 5.92 Å². The van der Waals surface area contributed by atoms with Crippen LogP contribution in [-0.4, -0.2) is 32.7 Å². The van der Waals surface area contributed by atoms with Crippen molar-refractivity contribution < 1.29 is 0 Å². The van der Waals surface area contributed by atoms with Gasteiger partial charge in [0.05, 0.1) is 5.69 Å². The van der Waals surface area contributed by atoms with Gasteiger partial charge in [-0.1, -0.05) is 60.2 Å². The van der Waals surface area contributed by atoms with Gasteiger partial charge in [0.1, 0.15) is 5.82 Å². The maximum Gasteiger partial charge on any atom is 0.254 e. The predicted octanol–water partition coefficient (Wildman–Crippen LogP) is 5.36. The van der Waals surface area contributed by atoms with Crippen molar-refractivity contribution in [3.05, 3.63) is 88.4 Å². The zero-order chi connectivity index (χ0) is 22.9. The zero-order valence-corrected chi connectivity index (χ0v) is 20.1. The molecule has 0 bridgehead atoms. The molecule has 0 spiro atoms. The Hall–Kier alpha value is -3.21. The molecule has 1 fully saturated rings. The Kier molecular flexibility index (Phi) is 5.78. The van der Waals surface area contributed by atoms with Gasteiger partial charge in [0.2, 0.25) is 0 Å². The van der Waals surface area contributed by atoms with Gasteiger partial charge in [-0.15, -0.1) is 5.10 Å². The van der Waals surface area contributed by atoms with E-state index in [0.717, 1.165) is 49.9 Å². The highest BCUT2D eigenvalue weighted by Crippen LogP contribution is 2.33. The van der Waals surface area contributed by atoms with Crippen LogP contribution < -0.4 is 4.90 Å². The summed E-state index contributed by atoms with van der Waals surface area (Å²) in [6, 6.07) is 19.6. The minimum absolute atomic E-state index is 0.743. The van der Waals surface area contributed by atoms with Crippen LogP contribution in [0.2, 0.25) is 0 Å². The molecule has 0 amide bonds. The van der Waals surface area contributed by atoms with E-state index >= 15 is 0 Å². The Balaban J connectivity index is 1.28. The van der Waals surface area contributed by atoms with Gasteiger partial charge in [0.25, 0.3) is 5.78 Å². The second-order valence-electron chi connectivity index (χ2n) is 10.1. The Labute approximate surface area is 201 Å². The molecule has 6 rings (SSSR count). The molecule has 2 aromatic heterocycles. The van der Waals surface area contributed by atoms with Crippen LogP contribution in [0.4, 0.5) is 5.82 Å². The van der Waals surface area contributed by atoms with Crippen molar-refractivity contribution in [3.8, 4) is 0 Å². The molecule has 1 aliphatic heterocycles. The maximum absolute atomic E-state index is 5.00. The van der Waals surface area contributed by atoms with Crippen LogP contribution in [0.15, 0.2) is 54.6 Å². The first-order valence-corrected chi connectivity index (χ1v) is 12.8. The van der Waals surface area contributed by atoms with Gasteiger partial charge >= 0.3 is 0 Å². The minimum Gasteiger partial charge on any atom is -0.356 e. The molecule has 0 radical (unpaired) electrons. The number of aromatic nitrogens is 4. The lowest BCUT2D eigenvalue weighted by Crippen LogP contribution is -2.37. The molecule has 174 valence electrons. The van der Waals surface area contributed by atoms with E-state index in [0.29, 0.717) is 0 Å². The summed E-state index contributed by atoms with van der Waals surface area (Å²) in [5.41, 5.74) is 6.64. The largest absolute Gasteiger partial charge is 0.356 e. The summed E-state index contributed by atoms with van der Waals surface area (Å²) in [5, 5.41) is 5.00. The van der Waals surface area contributed by atoms with Crippen molar-refractivity contribution in [1.82, 2.24) is 19.6 Å². The highest BCUT2D eigenvalue weighted by molar-refractivity contribution is 5.56. The number of anilines is 1. The lowest BCUT2D eigenvalue weighted by atomic mass is 9.89. The molecule has 0 saturated carbocycles. The van der Waals surface area contributed by atoms with E-state index in [1.807, 2.05) is 0 Å². The number of rotatable bonds is 5. The van der Waals surface area contributed by atoms with Crippen LogP contribution in [0.3, 0.4) is 0 Å². The second kappa shape index (κ2) is 9.21. The summed E-state index contributed by atoms with van der Waals surface area (Å²) < 4.78 is 2.06. The summed E-state index contributed by atoms with van der Waals surface area (Å²) >= 11 is 0. The molecule has 0 N–H and O–H groups in total. The van der Waals surface area contributed by atoms with E-state index in [1.54, 1.807) is 0 Å². The second-order valence-corrected chi connectivity index (χ2v) is 10.1. The lowest BCUT2D eigenvalue weighted by molar-refractivity contribution is 0.400. The van der Waals surface area contributed by atoms with Crippen LogP contribution in [0.1, 0.15) is 59.5 Å². The standard InChI is InChI=1S/C29H33N5/c1-21-11-13-23(14-12-21)20-27-31-29-30-26-10-6-5-9-25(26)28(34(29)32-27)33-17-15-24(16-18-33)19-22-7-3-2-4-8-22/h2-4,7-8,11-14,24H,5-6,9-10,15-20H2,1H3. The van der Waals surface area contributed by atoms with Gasteiger partial charge < -0.3 is 4.90 Å². The number of piperidine rings is 1. The maximum atomic E-state index is 5.00. The monoisotopic (exact) mass is 451 g/mol. The fourth-order valence-corrected chi connectivity index (χ4v) is 5.65. The number of fused-ring (bicyclic) bond motifs is 2. The van der Waals surface area contributed by atoms with Crippen molar-refractivity contribution in [3.63, 3.8) is 0 Å². The molecule has 4 aromatic rings. The van der Waals surface area contributed by atoms with Gasteiger partial charge in [-0.25, -0.2) is 4.98 Å². The summed E-state index contributed by atoms with van der Waals surface area (Å²) in [6.07, 6.45) is 8.99. The van der Waals surface area contributed by atoms with Gasteiger partial charge in [-0.2, -0.15) is 9.50 Å². The first-order valence-electron chi connectivity index (χ1n) is 12.8. The molecular weight excluding hydrogens is 418 g/mol. The molecular formula is C29H33N5. The van der Waals surface area contributed by atoms with Crippen LogP contribution in [0.5, 0.6) is 0 Å². The van der Waals surface area contributed by atoms with E-state index < -0.39 is 0 Å². The van der Waals surface area contributed by atoms with E-state index in [9.17, 15) is 0 Å². The van der Waals surface area contributed by atoms with Gasteiger partial charge in [0, 0.05) is 25.1 Å². The normalized spacial score (nSPS) is 16.7. The SMILES string of the molecule is Cc1ccc(Cc2nc3nc4c(c(N5CCC(Cc6ccccc6)CC5)n3n2)CCCC4)cc1. The van der Waals surface area contributed by atoms with E-state index in [-0.39, 0.29) is 0 Å². The molecule has 5 heteroatoms. The number of benzene rings is 2. The van der Waals surface area contributed by atoms with E-state index in [1.165, 1.54) is 65.9 Å². The zero-order valence-electron chi connectivity index (χ0n) is 20.1. The Bertz CT molecular complexity index is 1270. The number of hydrogen-bond acceptors (Lipinski definition) is 4. The highest BCUT2D eigenvalue weighted by Gasteiger charge is 2.27. The molecule has 0 unspecified atom stereocenters. The van der Waals surface area contributed by atoms with Gasteiger partial charge in [-0.3, -0.25) is 0 Å². The molecule has 2 aromatic carbocycles. The molecule has 34 heavy (non-hydrogen) atoms. The predicted molar refractivity (Wildman–Crippen MR) is 136 cm³/mol. The first kappa shape index (κ1) is 21.3. The quantitative estimate of drug-likeness (QED) is 0.410. The lowest BCUT2D eigenvalue weighted by Gasteiger charge is -2.35. The van der Waals surface area contributed by atoms with E-state index in [2.05, 4.69) is 70.9 Å². The summed E-state index contributed by atoms with van der Waals surface area (Å²) in [4.78, 5) is 12.4. The molecule has 1 saturated heterocycles. The summed E-state index contributed by atoms with van der Waals surface area (Å²) in [5.74, 6) is 3.64. The minimum atomic E-state index is 0.743.